The van der Waals surface area contributed by atoms with E-state index in [0.717, 1.165) is 5.56 Å². The summed E-state index contributed by atoms with van der Waals surface area (Å²) in [5.41, 5.74) is 1.15. The van der Waals surface area contributed by atoms with Crippen LogP contribution in [0.1, 0.15) is 11.1 Å². The van der Waals surface area contributed by atoms with Gasteiger partial charge in [-0.15, -0.1) is 0 Å². The molecular formula is C9H9FO. The smallest absolute Gasteiger partial charge is 0.167 e. The number of phenols is 1. The molecule has 0 bridgehead atoms. The monoisotopic (exact) mass is 152 g/mol. The summed E-state index contributed by atoms with van der Waals surface area (Å²) in [5, 5.41) is 8.99. The third-order valence-electron chi connectivity index (χ3n) is 1.49. The van der Waals surface area contributed by atoms with Crippen molar-refractivity contribution >= 4 is 6.08 Å². The third kappa shape index (κ3) is 1.40. The van der Waals surface area contributed by atoms with E-state index >= 15 is 0 Å². The van der Waals surface area contributed by atoms with Crippen molar-refractivity contribution in [1.82, 2.24) is 0 Å². The number of halogens is 1. The van der Waals surface area contributed by atoms with Crippen LogP contribution in [0.15, 0.2) is 18.7 Å². The Balaban J connectivity index is 3.31. The Kier molecular flexibility index (Phi) is 1.94. The van der Waals surface area contributed by atoms with Crippen molar-refractivity contribution in [2.45, 2.75) is 6.92 Å². The minimum atomic E-state index is -0.560. The zero-order chi connectivity index (χ0) is 8.43. The number of phenolic OH excluding ortho intramolecular Hbond substituents is 1. The molecule has 1 N–H and O–H groups in total. The van der Waals surface area contributed by atoms with Crippen LogP contribution in [0.2, 0.25) is 0 Å². The van der Waals surface area contributed by atoms with Crippen molar-refractivity contribution < 1.29 is 9.50 Å². The molecule has 0 saturated heterocycles. The molecule has 0 aliphatic heterocycles. The predicted octanol–water partition coefficient (Wildman–Crippen LogP) is 2.48. The second kappa shape index (κ2) is 2.74. The van der Waals surface area contributed by atoms with E-state index in [2.05, 4.69) is 6.58 Å². The Morgan fingerprint density at radius 1 is 1.55 bits per heavy atom. The van der Waals surface area contributed by atoms with Crippen LogP contribution in [0.25, 0.3) is 6.08 Å². The zero-order valence-electron chi connectivity index (χ0n) is 6.26. The molecule has 0 radical (unpaired) electrons. The fourth-order valence-corrected chi connectivity index (χ4v) is 0.896. The van der Waals surface area contributed by atoms with Crippen molar-refractivity contribution in [3.63, 3.8) is 0 Å². The highest BCUT2D eigenvalue weighted by Gasteiger charge is 2.03. The maximum absolute atomic E-state index is 12.8. The Morgan fingerprint density at radius 2 is 2.18 bits per heavy atom. The molecule has 0 amide bonds. The predicted molar refractivity (Wildman–Crippen MR) is 42.9 cm³/mol. The van der Waals surface area contributed by atoms with Crippen LogP contribution in [-0.2, 0) is 0 Å². The molecule has 0 fully saturated rings. The maximum atomic E-state index is 12.8. The van der Waals surface area contributed by atoms with E-state index in [-0.39, 0.29) is 5.75 Å². The SMILES string of the molecule is C=Cc1cc(C)c(F)c(O)c1. The highest BCUT2D eigenvalue weighted by molar-refractivity contribution is 5.51. The average Bonchev–Trinajstić information content (AvgIpc) is 1.99. The Labute approximate surface area is 64.8 Å². The van der Waals surface area contributed by atoms with Gasteiger partial charge in [0.2, 0.25) is 0 Å². The lowest BCUT2D eigenvalue weighted by Crippen LogP contribution is -1.84. The normalized spacial score (nSPS) is 9.64. The van der Waals surface area contributed by atoms with Crippen molar-refractivity contribution in [1.29, 1.82) is 0 Å². The number of aryl methyl sites for hydroxylation is 1. The van der Waals surface area contributed by atoms with Gasteiger partial charge in [0.1, 0.15) is 0 Å². The Hall–Kier alpha value is -1.31. The summed E-state index contributed by atoms with van der Waals surface area (Å²) >= 11 is 0. The highest BCUT2D eigenvalue weighted by atomic mass is 19.1. The maximum Gasteiger partial charge on any atom is 0.167 e. The summed E-state index contributed by atoms with van der Waals surface area (Å²) in [6.45, 7) is 5.11. The highest BCUT2D eigenvalue weighted by Crippen LogP contribution is 2.21. The van der Waals surface area contributed by atoms with E-state index < -0.39 is 5.82 Å². The van der Waals surface area contributed by atoms with Crippen molar-refractivity contribution in [2.75, 3.05) is 0 Å². The van der Waals surface area contributed by atoms with Crippen LogP contribution >= 0.6 is 0 Å². The molecule has 0 aliphatic rings. The second-order valence-electron chi connectivity index (χ2n) is 2.38. The fourth-order valence-electron chi connectivity index (χ4n) is 0.896. The first-order valence-electron chi connectivity index (χ1n) is 3.26. The Morgan fingerprint density at radius 3 is 2.64 bits per heavy atom. The van der Waals surface area contributed by atoms with Crippen LogP contribution in [0.4, 0.5) is 4.39 Å². The molecule has 1 aromatic rings. The van der Waals surface area contributed by atoms with Crippen molar-refractivity contribution in [3.8, 4) is 5.75 Å². The lowest BCUT2D eigenvalue weighted by Gasteiger charge is -2.00. The molecule has 58 valence electrons. The number of hydrogen-bond donors (Lipinski definition) is 1. The summed E-state index contributed by atoms with van der Waals surface area (Å²) < 4.78 is 12.8. The van der Waals surface area contributed by atoms with Crippen LogP contribution in [0.3, 0.4) is 0 Å². The number of hydrogen-bond acceptors (Lipinski definition) is 1. The van der Waals surface area contributed by atoms with E-state index in [1.54, 1.807) is 19.1 Å². The van der Waals surface area contributed by atoms with Gasteiger partial charge in [-0.3, -0.25) is 0 Å². The van der Waals surface area contributed by atoms with Crippen LogP contribution in [0, 0.1) is 12.7 Å². The summed E-state index contributed by atoms with van der Waals surface area (Å²) in [7, 11) is 0. The number of aromatic hydroxyl groups is 1. The van der Waals surface area contributed by atoms with Gasteiger partial charge in [0.25, 0.3) is 0 Å². The van der Waals surface area contributed by atoms with E-state index in [4.69, 9.17) is 5.11 Å². The van der Waals surface area contributed by atoms with Gasteiger partial charge in [0.15, 0.2) is 11.6 Å². The van der Waals surface area contributed by atoms with Crippen molar-refractivity contribution in [3.05, 3.63) is 35.7 Å². The molecule has 0 atom stereocenters. The molecule has 0 aromatic heterocycles. The first kappa shape index (κ1) is 7.79. The van der Waals surface area contributed by atoms with Gasteiger partial charge in [-0.25, -0.2) is 4.39 Å². The molecule has 0 saturated carbocycles. The quantitative estimate of drug-likeness (QED) is 0.655. The molecule has 0 aliphatic carbocycles. The third-order valence-corrected chi connectivity index (χ3v) is 1.49. The molecule has 1 aromatic carbocycles. The van der Waals surface area contributed by atoms with Gasteiger partial charge in [-0.1, -0.05) is 12.7 Å². The summed E-state index contributed by atoms with van der Waals surface area (Å²) in [4.78, 5) is 0. The largest absolute Gasteiger partial charge is 0.505 e. The van der Waals surface area contributed by atoms with Crippen LogP contribution in [0.5, 0.6) is 5.75 Å². The van der Waals surface area contributed by atoms with Gasteiger partial charge >= 0.3 is 0 Å². The van der Waals surface area contributed by atoms with Gasteiger partial charge in [0.05, 0.1) is 0 Å². The lowest BCUT2D eigenvalue weighted by molar-refractivity contribution is 0.430. The summed E-state index contributed by atoms with van der Waals surface area (Å²) in [6.07, 6.45) is 1.56. The number of benzene rings is 1. The second-order valence-corrected chi connectivity index (χ2v) is 2.38. The fraction of sp³-hybridized carbons (Fsp3) is 0.111. The molecule has 2 heteroatoms. The van der Waals surface area contributed by atoms with E-state index in [1.165, 1.54) is 6.07 Å². The zero-order valence-corrected chi connectivity index (χ0v) is 6.26. The molecular weight excluding hydrogens is 143 g/mol. The molecule has 0 unspecified atom stereocenters. The minimum absolute atomic E-state index is 0.320. The summed E-state index contributed by atoms with van der Waals surface area (Å²) in [6, 6.07) is 2.97. The molecule has 0 heterocycles. The molecule has 11 heavy (non-hydrogen) atoms. The topological polar surface area (TPSA) is 20.2 Å². The van der Waals surface area contributed by atoms with Gasteiger partial charge in [0, 0.05) is 0 Å². The van der Waals surface area contributed by atoms with Gasteiger partial charge in [-0.2, -0.15) is 0 Å². The van der Waals surface area contributed by atoms with Crippen LogP contribution < -0.4 is 0 Å². The van der Waals surface area contributed by atoms with E-state index in [0.29, 0.717) is 5.56 Å². The first-order chi connectivity index (χ1) is 5.15. The van der Waals surface area contributed by atoms with Crippen LogP contribution in [-0.4, -0.2) is 5.11 Å². The molecule has 1 rings (SSSR count). The number of rotatable bonds is 1. The average molecular weight is 152 g/mol. The Bertz CT molecular complexity index is 269. The minimum Gasteiger partial charge on any atom is -0.505 e. The van der Waals surface area contributed by atoms with E-state index in [9.17, 15) is 4.39 Å². The first-order valence-corrected chi connectivity index (χ1v) is 3.26. The van der Waals surface area contributed by atoms with E-state index in [1.807, 2.05) is 0 Å². The molecule has 0 spiro atoms. The summed E-state index contributed by atoms with van der Waals surface area (Å²) in [5.74, 6) is -0.879. The standard InChI is InChI=1S/C9H9FO/c1-3-7-4-6(2)9(10)8(11)5-7/h3-5,11H,1H2,2H3. The van der Waals surface area contributed by atoms with Gasteiger partial charge in [-0.05, 0) is 30.2 Å². The lowest BCUT2D eigenvalue weighted by atomic mass is 10.1. The van der Waals surface area contributed by atoms with Crippen molar-refractivity contribution in [2.24, 2.45) is 0 Å². The van der Waals surface area contributed by atoms with Gasteiger partial charge < -0.3 is 5.11 Å². The molecule has 1 nitrogen and oxygen atoms in total.